The lowest BCUT2D eigenvalue weighted by molar-refractivity contribution is -0.384. The van der Waals surface area contributed by atoms with Crippen LogP contribution in [0.3, 0.4) is 0 Å². The van der Waals surface area contributed by atoms with Crippen molar-refractivity contribution in [3.63, 3.8) is 0 Å². The molecular weight excluding hydrogens is 344 g/mol. The summed E-state index contributed by atoms with van der Waals surface area (Å²) >= 11 is 6.12. The second kappa shape index (κ2) is 6.66. The van der Waals surface area contributed by atoms with E-state index in [9.17, 15) is 14.9 Å². The number of rotatable bonds is 4. The molecule has 2 aromatic carbocycles. The van der Waals surface area contributed by atoms with Crippen LogP contribution in [0.15, 0.2) is 51.7 Å². The molecule has 0 fully saturated rings. The van der Waals surface area contributed by atoms with Crippen LogP contribution in [0.4, 0.5) is 5.69 Å². The highest BCUT2D eigenvalue weighted by molar-refractivity contribution is 6.31. The van der Waals surface area contributed by atoms with Gasteiger partial charge in [-0.3, -0.25) is 14.9 Å². The Morgan fingerprint density at radius 1 is 1.16 bits per heavy atom. The van der Waals surface area contributed by atoms with E-state index >= 15 is 0 Å². The zero-order valence-electron chi connectivity index (χ0n) is 13.7. The normalized spacial score (nSPS) is 11.2. The van der Waals surface area contributed by atoms with Gasteiger partial charge in [-0.25, -0.2) is 0 Å². The maximum atomic E-state index is 12.5. The highest BCUT2D eigenvalue weighted by atomic mass is 35.5. The third kappa shape index (κ3) is 3.55. The molecule has 0 aliphatic rings. The number of nitro groups is 1. The van der Waals surface area contributed by atoms with E-state index in [1.54, 1.807) is 24.3 Å². The summed E-state index contributed by atoms with van der Waals surface area (Å²) in [6, 6.07) is 10.6. The Labute approximate surface area is 148 Å². The minimum absolute atomic E-state index is 0.0213. The fourth-order valence-corrected chi connectivity index (χ4v) is 2.88. The molecule has 0 aliphatic carbocycles. The van der Waals surface area contributed by atoms with Crippen molar-refractivity contribution in [2.75, 3.05) is 14.1 Å². The smallest absolute Gasteiger partial charge is 0.269 e. The maximum Gasteiger partial charge on any atom is 0.269 e. The lowest BCUT2D eigenvalue weighted by Crippen LogP contribution is -2.12. The van der Waals surface area contributed by atoms with E-state index in [2.05, 4.69) is 0 Å². The van der Waals surface area contributed by atoms with Crippen molar-refractivity contribution in [1.29, 1.82) is 0 Å². The molecule has 25 heavy (non-hydrogen) atoms. The summed E-state index contributed by atoms with van der Waals surface area (Å²) in [5.74, 6) is 0.356. The molecule has 0 amide bonds. The molecule has 0 saturated heterocycles. The van der Waals surface area contributed by atoms with Crippen molar-refractivity contribution in [3.8, 4) is 11.3 Å². The van der Waals surface area contributed by atoms with Gasteiger partial charge in [-0.1, -0.05) is 11.6 Å². The highest BCUT2D eigenvalue weighted by Gasteiger charge is 2.14. The summed E-state index contributed by atoms with van der Waals surface area (Å²) in [6.07, 6.45) is 0. The molecule has 0 N–H and O–H groups in total. The number of hydrogen-bond acceptors (Lipinski definition) is 5. The van der Waals surface area contributed by atoms with E-state index in [1.807, 2.05) is 19.0 Å². The summed E-state index contributed by atoms with van der Waals surface area (Å²) in [7, 11) is 3.82. The van der Waals surface area contributed by atoms with Crippen LogP contribution in [-0.4, -0.2) is 23.9 Å². The first-order valence-electron chi connectivity index (χ1n) is 7.51. The van der Waals surface area contributed by atoms with Crippen LogP contribution in [0.2, 0.25) is 5.02 Å². The van der Waals surface area contributed by atoms with Gasteiger partial charge in [0.05, 0.1) is 10.3 Å². The molecule has 0 bridgehead atoms. The number of non-ortho nitro benzene ring substituents is 1. The predicted molar refractivity (Wildman–Crippen MR) is 97.0 cm³/mol. The minimum Gasteiger partial charge on any atom is -0.455 e. The van der Waals surface area contributed by atoms with Crippen LogP contribution >= 0.6 is 11.6 Å². The Morgan fingerprint density at radius 2 is 1.84 bits per heavy atom. The molecular formula is C18H15ClN2O4. The minimum atomic E-state index is -0.475. The van der Waals surface area contributed by atoms with Crippen LogP contribution < -0.4 is 5.43 Å². The van der Waals surface area contributed by atoms with Gasteiger partial charge in [-0.05, 0) is 38.4 Å². The predicted octanol–water partition coefficient (Wildman–Crippen LogP) is 4.08. The molecule has 0 unspecified atom stereocenters. The van der Waals surface area contributed by atoms with Gasteiger partial charge < -0.3 is 9.32 Å². The first-order chi connectivity index (χ1) is 11.8. The van der Waals surface area contributed by atoms with Gasteiger partial charge in [-0.2, -0.15) is 0 Å². The Kier molecular flexibility index (Phi) is 4.57. The Hall–Kier alpha value is -2.70. The number of halogens is 1. The monoisotopic (exact) mass is 358 g/mol. The number of nitro benzene ring substituents is 1. The quantitative estimate of drug-likeness (QED) is 0.518. The van der Waals surface area contributed by atoms with Gasteiger partial charge in [0.2, 0.25) is 0 Å². The second-order valence-electron chi connectivity index (χ2n) is 5.96. The molecule has 1 heterocycles. The second-order valence-corrected chi connectivity index (χ2v) is 6.39. The molecule has 0 aliphatic heterocycles. The average Bonchev–Trinajstić information content (AvgIpc) is 2.55. The number of nitrogens with zero attached hydrogens (tertiary/aromatic N) is 2. The van der Waals surface area contributed by atoms with Gasteiger partial charge in [0.25, 0.3) is 5.69 Å². The molecule has 3 rings (SSSR count). The zero-order chi connectivity index (χ0) is 18.1. The summed E-state index contributed by atoms with van der Waals surface area (Å²) in [4.78, 5) is 24.7. The van der Waals surface area contributed by atoms with E-state index in [1.165, 1.54) is 18.2 Å². The van der Waals surface area contributed by atoms with E-state index in [0.29, 0.717) is 33.9 Å². The molecule has 0 radical (unpaired) electrons. The first kappa shape index (κ1) is 17.1. The van der Waals surface area contributed by atoms with Gasteiger partial charge in [0.15, 0.2) is 5.43 Å². The SMILES string of the molecule is CN(C)Cc1cc(Cl)cc2c(=O)cc(-c3ccc([N+](=O)[O-])cc3)oc12. The van der Waals surface area contributed by atoms with Gasteiger partial charge in [0.1, 0.15) is 11.3 Å². The topological polar surface area (TPSA) is 76.6 Å². The van der Waals surface area contributed by atoms with E-state index < -0.39 is 4.92 Å². The van der Waals surface area contributed by atoms with E-state index in [-0.39, 0.29) is 11.1 Å². The van der Waals surface area contributed by atoms with Crippen molar-refractivity contribution in [2.24, 2.45) is 0 Å². The first-order valence-corrected chi connectivity index (χ1v) is 7.89. The lowest BCUT2D eigenvalue weighted by Gasteiger charge is -2.13. The number of benzene rings is 2. The molecule has 0 spiro atoms. The van der Waals surface area contributed by atoms with Crippen LogP contribution in [0.25, 0.3) is 22.3 Å². The largest absolute Gasteiger partial charge is 0.455 e. The third-order valence-electron chi connectivity index (χ3n) is 3.72. The van der Waals surface area contributed by atoms with Crippen LogP contribution in [0, 0.1) is 10.1 Å². The van der Waals surface area contributed by atoms with Crippen molar-refractivity contribution in [1.82, 2.24) is 4.90 Å². The molecule has 6 nitrogen and oxygen atoms in total. The Morgan fingerprint density at radius 3 is 2.44 bits per heavy atom. The number of fused-ring (bicyclic) bond motifs is 1. The maximum absolute atomic E-state index is 12.5. The molecule has 3 aromatic rings. The molecule has 0 atom stereocenters. The third-order valence-corrected chi connectivity index (χ3v) is 3.94. The van der Waals surface area contributed by atoms with Crippen LogP contribution in [0.1, 0.15) is 5.56 Å². The van der Waals surface area contributed by atoms with E-state index in [0.717, 1.165) is 5.56 Å². The standard InChI is InChI=1S/C18H15ClN2O4/c1-20(2)10-12-7-13(19)8-15-16(22)9-17(25-18(12)15)11-3-5-14(6-4-11)21(23)24/h3-9H,10H2,1-2H3. The molecule has 1 aromatic heterocycles. The molecule has 128 valence electrons. The average molecular weight is 359 g/mol. The van der Waals surface area contributed by atoms with Gasteiger partial charge in [0, 0.05) is 40.9 Å². The van der Waals surface area contributed by atoms with Crippen molar-refractivity contribution < 1.29 is 9.34 Å². The zero-order valence-corrected chi connectivity index (χ0v) is 14.4. The summed E-state index contributed by atoms with van der Waals surface area (Å²) < 4.78 is 5.96. The van der Waals surface area contributed by atoms with Crippen molar-refractivity contribution in [2.45, 2.75) is 6.54 Å². The Balaban J connectivity index is 2.19. The van der Waals surface area contributed by atoms with E-state index in [4.69, 9.17) is 16.0 Å². The highest BCUT2D eigenvalue weighted by Crippen LogP contribution is 2.28. The summed E-state index contributed by atoms with van der Waals surface area (Å²) in [5.41, 5.74) is 1.63. The van der Waals surface area contributed by atoms with Gasteiger partial charge >= 0.3 is 0 Å². The van der Waals surface area contributed by atoms with Crippen LogP contribution in [0.5, 0.6) is 0 Å². The fraction of sp³-hybridized carbons (Fsp3) is 0.167. The lowest BCUT2D eigenvalue weighted by atomic mass is 10.1. The van der Waals surface area contributed by atoms with Crippen LogP contribution in [-0.2, 0) is 6.54 Å². The fourth-order valence-electron chi connectivity index (χ4n) is 2.64. The summed E-state index contributed by atoms with van der Waals surface area (Å²) in [5, 5.41) is 11.7. The molecule has 7 heteroatoms. The van der Waals surface area contributed by atoms with Crippen molar-refractivity contribution in [3.05, 3.63) is 73.4 Å². The van der Waals surface area contributed by atoms with Gasteiger partial charge in [-0.15, -0.1) is 0 Å². The van der Waals surface area contributed by atoms with Crippen molar-refractivity contribution >= 4 is 28.3 Å². The Bertz CT molecular complexity index is 1010. The number of hydrogen-bond donors (Lipinski definition) is 0. The summed E-state index contributed by atoms with van der Waals surface area (Å²) in [6.45, 7) is 0.559. The molecule has 0 saturated carbocycles.